The molecule has 1 aromatic rings. The molecule has 0 aromatic heterocycles. The van der Waals surface area contributed by atoms with Crippen LogP contribution in [0.4, 0.5) is 8.78 Å². The van der Waals surface area contributed by atoms with E-state index < -0.39 is 26.6 Å². The molecule has 1 fully saturated rings. The second kappa shape index (κ2) is 5.85. The number of hydrogen-bond donors (Lipinski definition) is 0. The van der Waals surface area contributed by atoms with Gasteiger partial charge in [0.15, 0.2) is 0 Å². The van der Waals surface area contributed by atoms with Gasteiger partial charge in [0.25, 0.3) is 0 Å². The van der Waals surface area contributed by atoms with Gasteiger partial charge in [-0.25, -0.2) is 17.2 Å². The number of halogens is 3. The van der Waals surface area contributed by atoms with Crippen molar-refractivity contribution in [1.82, 2.24) is 4.31 Å². The van der Waals surface area contributed by atoms with E-state index in [1.807, 2.05) is 0 Å². The van der Waals surface area contributed by atoms with Crippen LogP contribution in [-0.2, 0) is 10.0 Å². The van der Waals surface area contributed by atoms with Crippen molar-refractivity contribution in [2.24, 2.45) is 0 Å². The van der Waals surface area contributed by atoms with Gasteiger partial charge in [-0.2, -0.15) is 4.31 Å². The minimum absolute atomic E-state index is 0.178. The Balaban J connectivity index is 2.40. The maximum absolute atomic E-state index is 13.7. The largest absolute Gasteiger partial charge is 0.246 e. The summed E-state index contributed by atoms with van der Waals surface area (Å²) in [6.45, 7) is 0.370. The summed E-state index contributed by atoms with van der Waals surface area (Å²) in [5.41, 5.74) is 0. The molecule has 3 nitrogen and oxygen atoms in total. The predicted octanol–water partition coefficient (Wildman–Crippen LogP) is 2.90. The first-order valence-corrected chi connectivity index (χ1v) is 8.56. The highest BCUT2D eigenvalue weighted by molar-refractivity contribution is 9.09. The molecule has 1 heterocycles. The lowest BCUT2D eigenvalue weighted by atomic mass is 10.1. The van der Waals surface area contributed by atoms with Crippen molar-refractivity contribution in [2.75, 3.05) is 11.9 Å². The van der Waals surface area contributed by atoms with E-state index in [4.69, 9.17) is 0 Å². The SMILES string of the molecule is O=S(=O)(c1ccc(F)cc1F)N1CCCCC1CBr. The molecule has 0 spiro atoms. The Bertz CT molecular complexity index is 565. The smallest absolute Gasteiger partial charge is 0.207 e. The van der Waals surface area contributed by atoms with Gasteiger partial charge in [-0.3, -0.25) is 0 Å². The molecule has 0 radical (unpaired) electrons. The van der Waals surface area contributed by atoms with Crippen LogP contribution in [0.2, 0.25) is 0 Å². The third-order valence-corrected chi connectivity index (χ3v) is 5.96. The highest BCUT2D eigenvalue weighted by Crippen LogP contribution is 2.27. The molecule has 1 unspecified atom stereocenters. The van der Waals surface area contributed by atoms with E-state index in [0.29, 0.717) is 17.9 Å². The first-order chi connectivity index (χ1) is 8.96. The van der Waals surface area contributed by atoms with Crippen LogP contribution < -0.4 is 0 Å². The molecular weight excluding hydrogens is 340 g/mol. The molecular formula is C12H14BrF2NO2S. The Kier molecular flexibility index (Phi) is 4.58. The number of piperidine rings is 1. The minimum Gasteiger partial charge on any atom is -0.207 e. The molecule has 1 aliphatic rings. The molecule has 1 aromatic carbocycles. The van der Waals surface area contributed by atoms with Gasteiger partial charge in [0.1, 0.15) is 16.5 Å². The maximum Gasteiger partial charge on any atom is 0.246 e. The van der Waals surface area contributed by atoms with Crippen molar-refractivity contribution in [1.29, 1.82) is 0 Å². The number of alkyl halides is 1. The first-order valence-electron chi connectivity index (χ1n) is 5.99. The molecule has 0 N–H and O–H groups in total. The summed E-state index contributed by atoms with van der Waals surface area (Å²) >= 11 is 3.29. The zero-order valence-corrected chi connectivity index (χ0v) is 12.6. The van der Waals surface area contributed by atoms with E-state index in [-0.39, 0.29) is 6.04 Å². The monoisotopic (exact) mass is 353 g/mol. The summed E-state index contributed by atoms with van der Waals surface area (Å²) in [4.78, 5) is -0.457. The fraction of sp³-hybridized carbons (Fsp3) is 0.500. The van der Waals surface area contributed by atoms with Gasteiger partial charge in [0, 0.05) is 24.0 Å². The quantitative estimate of drug-likeness (QED) is 0.783. The van der Waals surface area contributed by atoms with Crippen molar-refractivity contribution >= 4 is 26.0 Å². The average molecular weight is 354 g/mol. The van der Waals surface area contributed by atoms with Gasteiger partial charge in [0.05, 0.1) is 0 Å². The van der Waals surface area contributed by atoms with Crippen LogP contribution in [-0.4, -0.2) is 30.6 Å². The van der Waals surface area contributed by atoms with Crippen molar-refractivity contribution in [3.05, 3.63) is 29.8 Å². The Hall–Kier alpha value is -0.530. The van der Waals surface area contributed by atoms with Crippen molar-refractivity contribution < 1.29 is 17.2 Å². The predicted molar refractivity (Wildman–Crippen MR) is 71.7 cm³/mol. The van der Waals surface area contributed by atoms with E-state index in [2.05, 4.69) is 15.9 Å². The van der Waals surface area contributed by atoms with Crippen LogP contribution in [0.5, 0.6) is 0 Å². The highest BCUT2D eigenvalue weighted by atomic mass is 79.9. The van der Waals surface area contributed by atoms with E-state index in [1.54, 1.807) is 0 Å². The Labute approximate surface area is 119 Å². The number of sulfonamides is 1. The number of nitrogens with zero attached hydrogens (tertiary/aromatic N) is 1. The van der Waals surface area contributed by atoms with Crippen LogP contribution >= 0.6 is 15.9 Å². The third kappa shape index (κ3) is 2.98. The molecule has 1 saturated heterocycles. The summed E-state index contributed by atoms with van der Waals surface area (Å²) in [7, 11) is -3.91. The van der Waals surface area contributed by atoms with Crippen molar-refractivity contribution in [3.8, 4) is 0 Å². The summed E-state index contributed by atoms with van der Waals surface area (Å²) < 4.78 is 52.7. The number of benzene rings is 1. The molecule has 0 bridgehead atoms. The first kappa shape index (κ1) is 14.9. The molecule has 1 atom stereocenters. The standard InChI is InChI=1S/C12H14BrF2NO2S/c13-8-10-3-1-2-6-16(10)19(17,18)12-5-4-9(14)7-11(12)15/h4-5,7,10H,1-3,6,8H2. The Morgan fingerprint density at radius 3 is 2.68 bits per heavy atom. The molecule has 2 rings (SSSR count). The van der Waals surface area contributed by atoms with E-state index in [9.17, 15) is 17.2 Å². The fourth-order valence-corrected chi connectivity index (χ4v) is 4.86. The second-order valence-corrected chi connectivity index (χ2v) is 7.00. The van der Waals surface area contributed by atoms with E-state index in [1.165, 1.54) is 4.31 Å². The summed E-state index contributed by atoms with van der Waals surface area (Å²) in [6.07, 6.45) is 2.45. The van der Waals surface area contributed by atoms with Gasteiger partial charge in [-0.05, 0) is 25.0 Å². The number of hydrogen-bond acceptors (Lipinski definition) is 2. The lowest BCUT2D eigenvalue weighted by Gasteiger charge is -2.33. The maximum atomic E-state index is 13.7. The van der Waals surface area contributed by atoms with Gasteiger partial charge < -0.3 is 0 Å². The zero-order chi connectivity index (χ0) is 14.0. The van der Waals surface area contributed by atoms with E-state index >= 15 is 0 Å². The van der Waals surface area contributed by atoms with Crippen LogP contribution in [0.15, 0.2) is 23.1 Å². The molecule has 0 amide bonds. The summed E-state index contributed by atoms with van der Waals surface area (Å²) in [5.74, 6) is -1.83. The van der Waals surface area contributed by atoms with Gasteiger partial charge in [-0.15, -0.1) is 0 Å². The van der Waals surface area contributed by atoms with Crippen LogP contribution in [0, 0.1) is 11.6 Å². The topological polar surface area (TPSA) is 37.4 Å². The summed E-state index contributed by atoms with van der Waals surface area (Å²) in [6, 6.07) is 2.37. The van der Waals surface area contributed by atoms with Gasteiger partial charge in [-0.1, -0.05) is 22.4 Å². The highest BCUT2D eigenvalue weighted by Gasteiger charge is 2.34. The van der Waals surface area contributed by atoms with Crippen molar-refractivity contribution in [2.45, 2.75) is 30.2 Å². The molecule has 106 valence electrons. The number of rotatable bonds is 3. The third-order valence-electron chi connectivity index (χ3n) is 3.23. The van der Waals surface area contributed by atoms with Crippen LogP contribution in [0.1, 0.15) is 19.3 Å². The van der Waals surface area contributed by atoms with Crippen molar-refractivity contribution in [3.63, 3.8) is 0 Å². The molecule has 0 saturated carbocycles. The van der Waals surface area contributed by atoms with Gasteiger partial charge >= 0.3 is 0 Å². The minimum atomic E-state index is -3.91. The molecule has 0 aliphatic carbocycles. The molecule has 1 aliphatic heterocycles. The fourth-order valence-electron chi connectivity index (χ4n) is 2.26. The zero-order valence-electron chi connectivity index (χ0n) is 10.2. The molecule has 7 heteroatoms. The molecule has 19 heavy (non-hydrogen) atoms. The van der Waals surface area contributed by atoms with E-state index in [0.717, 1.165) is 31.4 Å². The van der Waals surface area contributed by atoms with Crippen LogP contribution in [0.25, 0.3) is 0 Å². The average Bonchev–Trinajstić information content (AvgIpc) is 2.38. The van der Waals surface area contributed by atoms with Gasteiger partial charge in [0.2, 0.25) is 10.0 Å². The normalized spacial score (nSPS) is 21.5. The lowest BCUT2D eigenvalue weighted by Crippen LogP contribution is -2.44. The Morgan fingerprint density at radius 1 is 1.32 bits per heavy atom. The second-order valence-electron chi connectivity index (χ2n) is 4.49. The lowest BCUT2D eigenvalue weighted by molar-refractivity contribution is 0.272. The Morgan fingerprint density at radius 2 is 2.05 bits per heavy atom. The van der Waals surface area contributed by atoms with Crippen LogP contribution in [0.3, 0.4) is 0 Å². The summed E-state index contributed by atoms with van der Waals surface area (Å²) in [5, 5.41) is 0.509.